The van der Waals surface area contributed by atoms with E-state index in [0.29, 0.717) is 35.8 Å². The molecule has 0 unspecified atom stereocenters. The highest BCUT2D eigenvalue weighted by molar-refractivity contribution is 6.35. The van der Waals surface area contributed by atoms with E-state index in [1.807, 2.05) is 48.7 Å². The number of hydrogen-bond acceptors (Lipinski definition) is 6. The van der Waals surface area contributed by atoms with Crippen molar-refractivity contribution in [3.05, 3.63) is 81.9 Å². The number of aliphatic hydroxyl groups is 1. The smallest absolute Gasteiger partial charge is 0.297 e. The fraction of sp³-hybridized carbons (Fsp3) is 0.250. The van der Waals surface area contributed by atoms with Gasteiger partial charge in [-0.05, 0) is 36.2 Å². The van der Waals surface area contributed by atoms with E-state index in [2.05, 4.69) is 15.3 Å². The van der Waals surface area contributed by atoms with Gasteiger partial charge in [0.15, 0.2) is 5.69 Å². The van der Waals surface area contributed by atoms with Gasteiger partial charge in [0.2, 0.25) is 0 Å². The zero-order chi connectivity index (χ0) is 23.2. The van der Waals surface area contributed by atoms with E-state index in [-0.39, 0.29) is 17.9 Å². The summed E-state index contributed by atoms with van der Waals surface area (Å²) in [4.78, 5) is 13.3. The fourth-order valence-electron chi connectivity index (χ4n) is 4.51. The van der Waals surface area contributed by atoms with Crippen LogP contribution in [0.15, 0.2) is 65.7 Å². The minimum atomic E-state index is -0.800. The van der Waals surface area contributed by atoms with Gasteiger partial charge in [-0.15, -0.1) is 0 Å². The SMILES string of the molecule is O=c1c2nn(Cc3ccc(-n4cccn4)cc3)c3c(Cl)cccc3c-2nn1[C@@H]1CCOC[C@@H]1O. The van der Waals surface area contributed by atoms with Crippen LogP contribution in [0, 0.1) is 0 Å². The Morgan fingerprint density at radius 1 is 1.09 bits per heavy atom. The maximum absolute atomic E-state index is 13.3. The molecule has 3 aliphatic rings. The molecule has 3 aliphatic heterocycles. The number of rotatable bonds is 4. The lowest BCUT2D eigenvalue weighted by Crippen LogP contribution is -2.38. The van der Waals surface area contributed by atoms with Crippen molar-refractivity contribution in [2.45, 2.75) is 25.1 Å². The molecule has 1 aromatic heterocycles. The van der Waals surface area contributed by atoms with Crippen LogP contribution in [0.1, 0.15) is 18.0 Å². The molecule has 172 valence electrons. The molecule has 34 heavy (non-hydrogen) atoms. The average Bonchev–Trinajstić information content (AvgIpc) is 3.49. The van der Waals surface area contributed by atoms with Crippen LogP contribution in [0.4, 0.5) is 0 Å². The summed E-state index contributed by atoms with van der Waals surface area (Å²) in [7, 11) is 0. The molecule has 4 heterocycles. The molecule has 2 aromatic carbocycles. The molecule has 6 rings (SSSR count). The van der Waals surface area contributed by atoms with E-state index >= 15 is 0 Å². The predicted molar refractivity (Wildman–Crippen MR) is 127 cm³/mol. The molecule has 1 N–H and O–H groups in total. The number of halogens is 1. The van der Waals surface area contributed by atoms with Crippen LogP contribution >= 0.6 is 11.6 Å². The van der Waals surface area contributed by atoms with Crippen molar-refractivity contribution in [3.63, 3.8) is 0 Å². The van der Waals surface area contributed by atoms with E-state index in [4.69, 9.17) is 16.3 Å². The maximum atomic E-state index is 13.3. The highest BCUT2D eigenvalue weighted by Crippen LogP contribution is 2.32. The highest BCUT2D eigenvalue weighted by atomic mass is 35.5. The second-order valence-corrected chi connectivity index (χ2v) is 8.76. The topological polar surface area (TPSA) is 100.0 Å². The molecule has 0 saturated carbocycles. The number of nitrogens with zero attached hydrogens (tertiary/aromatic N) is 6. The van der Waals surface area contributed by atoms with E-state index in [0.717, 1.165) is 16.6 Å². The molecule has 10 heteroatoms. The Morgan fingerprint density at radius 3 is 2.71 bits per heavy atom. The summed E-state index contributed by atoms with van der Waals surface area (Å²) in [5.41, 5.74) is 3.04. The molecule has 3 aromatic rings. The quantitative estimate of drug-likeness (QED) is 0.428. The molecule has 0 bridgehead atoms. The largest absolute Gasteiger partial charge is 0.388 e. The Kier molecular flexibility index (Phi) is 5.17. The third kappa shape index (κ3) is 3.49. The van der Waals surface area contributed by atoms with Gasteiger partial charge in [-0.25, -0.2) is 9.36 Å². The first-order chi connectivity index (χ1) is 16.6. The minimum Gasteiger partial charge on any atom is -0.388 e. The van der Waals surface area contributed by atoms with Crippen LogP contribution in [0.3, 0.4) is 0 Å². The summed E-state index contributed by atoms with van der Waals surface area (Å²) in [6.07, 6.45) is 3.32. The van der Waals surface area contributed by atoms with E-state index < -0.39 is 12.1 Å². The number of aliphatic hydroxyl groups excluding tert-OH is 1. The van der Waals surface area contributed by atoms with Gasteiger partial charge in [0, 0.05) is 24.4 Å². The van der Waals surface area contributed by atoms with Crippen molar-refractivity contribution in [1.29, 1.82) is 0 Å². The van der Waals surface area contributed by atoms with Crippen molar-refractivity contribution >= 4 is 22.5 Å². The summed E-state index contributed by atoms with van der Waals surface area (Å²) < 4.78 is 10.2. The molecule has 0 radical (unpaired) electrons. The molecule has 2 atom stereocenters. The first-order valence-corrected chi connectivity index (χ1v) is 11.4. The van der Waals surface area contributed by atoms with Crippen molar-refractivity contribution in [2.75, 3.05) is 13.2 Å². The zero-order valence-electron chi connectivity index (χ0n) is 18.1. The monoisotopic (exact) mass is 476 g/mol. The number of aromatic nitrogens is 6. The zero-order valence-corrected chi connectivity index (χ0v) is 18.8. The van der Waals surface area contributed by atoms with Gasteiger partial charge in [-0.1, -0.05) is 35.9 Å². The molecular formula is C24H21ClN6O3. The number of para-hydroxylation sites is 1. The van der Waals surface area contributed by atoms with Crippen molar-refractivity contribution in [1.82, 2.24) is 29.3 Å². The molecular weight excluding hydrogens is 456 g/mol. The van der Waals surface area contributed by atoms with E-state index in [9.17, 15) is 9.90 Å². The molecule has 1 saturated heterocycles. The van der Waals surface area contributed by atoms with Crippen LogP contribution in [-0.4, -0.2) is 53.8 Å². The second kappa shape index (κ2) is 8.35. The van der Waals surface area contributed by atoms with E-state index in [1.54, 1.807) is 21.6 Å². The van der Waals surface area contributed by atoms with Crippen molar-refractivity contribution in [3.8, 4) is 17.1 Å². The van der Waals surface area contributed by atoms with Crippen LogP contribution in [0.25, 0.3) is 28.0 Å². The summed E-state index contributed by atoms with van der Waals surface area (Å²) in [6, 6.07) is 14.9. The highest BCUT2D eigenvalue weighted by Gasteiger charge is 2.32. The average molecular weight is 477 g/mol. The minimum absolute atomic E-state index is 0.175. The normalized spacial score (nSPS) is 18.6. The predicted octanol–water partition coefficient (Wildman–Crippen LogP) is 2.91. The first-order valence-electron chi connectivity index (χ1n) is 11.0. The Labute approximate surface area is 199 Å². The second-order valence-electron chi connectivity index (χ2n) is 8.36. The van der Waals surface area contributed by atoms with Gasteiger partial charge in [0.25, 0.3) is 5.56 Å². The van der Waals surface area contributed by atoms with Gasteiger partial charge in [-0.3, -0.25) is 9.48 Å². The lowest BCUT2D eigenvalue weighted by Gasteiger charge is -2.27. The lowest BCUT2D eigenvalue weighted by molar-refractivity contribution is -0.0423. The maximum Gasteiger partial charge on any atom is 0.297 e. The summed E-state index contributed by atoms with van der Waals surface area (Å²) >= 11 is 6.60. The van der Waals surface area contributed by atoms with Crippen LogP contribution in [0.5, 0.6) is 0 Å². The number of fused-ring (bicyclic) bond motifs is 3. The lowest BCUT2D eigenvalue weighted by atomic mass is 10.1. The van der Waals surface area contributed by atoms with Crippen LogP contribution in [-0.2, 0) is 11.3 Å². The van der Waals surface area contributed by atoms with Gasteiger partial charge in [0.05, 0.1) is 41.5 Å². The van der Waals surface area contributed by atoms with Gasteiger partial charge in [-0.2, -0.15) is 15.3 Å². The van der Waals surface area contributed by atoms with Crippen LogP contribution < -0.4 is 5.56 Å². The number of ether oxygens (including phenoxy) is 1. The summed E-state index contributed by atoms with van der Waals surface area (Å²) in [5.74, 6) is 0. The van der Waals surface area contributed by atoms with Gasteiger partial charge < -0.3 is 9.84 Å². The van der Waals surface area contributed by atoms with Gasteiger partial charge in [0.1, 0.15) is 5.69 Å². The molecule has 1 fully saturated rings. The molecule has 9 nitrogen and oxygen atoms in total. The third-order valence-electron chi connectivity index (χ3n) is 6.21. The Bertz CT molecular complexity index is 1490. The van der Waals surface area contributed by atoms with Gasteiger partial charge >= 0.3 is 0 Å². The fourth-order valence-corrected chi connectivity index (χ4v) is 4.78. The third-order valence-corrected chi connectivity index (χ3v) is 6.51. The van der Waals surface area contributed by atoms with E-state index in [1.165, 1.54) is 4.68 Å². The first kappa shape index (κ1) is 21.0. The van der Waals surface area contributed by atoms with Crippen LogP contribution in [0.2, 0.25) is 5.02 Å². The Morgan fingerprint density at radius 2 is 1.94 bits per heavy atom. The Hall–Kier alpha value is -3.53. The number of benzene rings is 2. The number of hydrogen-bond donors (Lipinski definition) is 1. The molecule has 0 aliphatic carbocycles. The summed E-state index contributed by atoms with van der Waals surface area (Å²) in [5, 5.41) is 25.2. The summed E-state index contributed by atoms with van der Waals surface area (Å²) in [6.45, 7) is 1.06. The molecule has 0 spiro atoms. The van der Waals surface area contributed by atoms with Crippen molar-refractivity contribution < 1.29 is 9.84 Å². The van der Waals surface area contributed by atoms with Crippen molar-refractivity contribution in [2.24, 2.45) is 0 Å². The Balaban J connectivity index is 1.46. The molecule has 0 amide bonds. The standard InChI is InChI=1S/C24H21ClN6O3/c25-18-4-1-3-17-21-22(24(33)31(28-21)19-9-12-34-14-20(19)32)27-30(23(17)18)13-15-5-7-16(8-6-15)29-11-2-10-26-29/h1-8,10-11,19-20,32H,9,12-14H2/t19-,20+/m1/s1.